The lowest BCUT2D eigenvalue weighted by Gasteiger charge is -2.44. The van der Waals surface area contributed by atoms with Crippen LogP contribution in [0.3, 0.4) is 0 Å². The van der Waals surface area contributed by atoms with Crippen LogP contribution in [0.15, 0.2) is 66.0 Å². The number of aryl methyl sites for hydroxylation is 1. The molecule has 33 heavy (non-hydrogen) atoms. The van der Waals surface area contributed by atoms with Crippen molar-refractivity contribution < 1.29 is 9.53 Å². The maximum Gasteiger partial charge on any atom is 0.225 e. The molecule has 4 nitrogen and oxygen atoms in total. The molecule has 1 aliphatic carbocycles. The lowest BCUT2D eigenvalue weighted by atomic mass is 9.72. The number of piperidine rings is 1. The van der Waals surface area contributed by atoms with Gasteiger partial charge >= 0.3 is 0 Å². The second-order valence-electron chi connectivity index (χ2n) is 9.46. The molecule has 0 saturated carbocycles. The van der Waals surface area contributed by atoms with E-state index in [2.05, 4.69) is 65.7 Å². The van der Waals surface area contributed by atoms with Crippen molar-refractivity contribution >= 4 is 17.2 Å². The highest BCUT2D eigenvalue weighted by molar-refractivity contribution is 7.10. The van der Waals surface area contributed by atoms with Crippen LogP contribution >= 0.6 is 11.3 Å². The van der Waals surface area contributed by atoms with E-state index in [1.807, 2.05) is 17.5 Å². The Morgan fingerprint density at radius 1 is 1.09 bits per heavy atom. The van der Waals surface area contributed by atoms with Crippen LogP contribution in [0.25, 0.3) is 0 Å². The number of thiophene rings is 1. The molecule has 2 heterocycles. The average molecular weight is 461 g/mol. The van der Waals surface area contributed by atoms with E-state index in [-0.39, 0.29) is 23.5 Å². The van der Waals surface area contributed by atoms with E-state index in [0.29, 0.717) is 6.42 Å². The van der Waals surface area contributed by atoms with Gasteiger partial charge in [0.25, 0.3) is 0 Å². The van der Waals surface area contributed by atoms with E-state index in [1.54, 1.807) is 18.4 Å². The molecule has 3 aromatic rings. The van der Waals surface area contributed by atoms with Crippen LogP contribution < -0.4 is 5.32 Å². The van der Waals surface area contributed by atoms with Crippen LogP contribution in [0.1, 0.15) is 46.0 Å². The van der Waals surface area contributed by atoms with Crippen LogP contribution in [0, 0.1) is 6.92 Å². The number of carbonyl (C=O) groups excluding carboxylic acids is 1. The highest BCUT2D eigenvalue weighted by Gasteiger charge is 2.53. The van der Waals surface area contributed by atoms with Gasteiger partial charge in [-0.1, -0.05) is 60.2 Å². The smallest absolute Gasteiger partial charge is 0.225 e. The average Bonchev–Trinajstić information content (AvgIpc) is 3.42. The van der Waals surface area contributed by atoms with Gasteiger partial charge in [-0.25, -0.2) is 0 Å². The monoisotopic (exact) mass is 460 g/mol. The number of nitrogens with zero attached hydrogens (tertiary/aromatic N) is 1. The van der Waals surface area contributed by atoms with E-state index in [4.69, 9.17) is 4.74 Å². The van der Waals surface area contributed by atoms with Crippen molar-refractivity contribution in [2.75, 3.05) is 20.2 Å². The summed E-state index contributed by atoms with van der Waals surface area (Å²) in [6.45, 7) is 5.17. The van der Waals surface area contributed by atoms with Gasteiger partial charge in [0, 0.05) is 23.9 Å². The predicted octanol–water partition coefficient (Wildman–Crippen LogP) is 5.02. The number of rotatable bonds is 6. The molecule has 5 rings (SSSR count). The van der Waals surface area contributed by atoms with E-state index < -0.39 is 0 Å². The first kappa shape index (κ1) is 22.3. The lowest BCUT2D eigenvalue weighted by molar-refractivity contribution is -0.122. The first-order chi connectivity index (χ1) is 16.1. The largest absolute Gasteiger partial charge is 0.378 e. The van der Waals surface area contributed by atoms with E-state index in [0.717, 1.165) is 37.4 Å². The van der Waals surface area contributed by atoms with E-state index in [1.165, 1.54) is 22.3 Å². The van der Waals surface area contributed by atoms with Crippen LogP contribution in [0.2, 0.25) is 0 Å². The van der Waals surface area contributed by atoms with Gasteiger partial charge in [-0.15, -0.1) is 11.3 Å². The van der Waals surface area contributed by atoms with Gasteiger partial charge in [0.15, 0.2) is 0 Å². The number of likely N-dealkylation sites (tertiary alicyclic amines) is 1. The number of hydrogen-bond acceptors (Lipinski definition) is 4. The number of nitrogens with one attached hydrogen (secondary N) is 1. The van der Waals surface area contributed by atoms with Crippen molar-refractivity contribution in [2.24, 2.45) is 0 Å². The topological polar surface area (TPSA) is 41.6 Å². The molecule has 1 spiro atoms. The van der Waals surface area contributed by atoms with Gasteiger partial charge in [-0.05, 0) is 61.0 Å². The quantitative estimate of drug-likeness (QED) is 0.562. The highest BCUT2D eigenvalue weighted by atomic mass is 32.1. The second-order valence-corrected chi connectivity index (χ2v) is 10.5. The minimum Gasteiger partial charge on any atom is -0.378 e. The lowest BCUT2D eigenvalue weighted by Crippen LogP contribution is -2.50. The van der Waals surface area contributed by atoms with Gasteiger partial charge in [-0.3, -0.25) is 9.69 Å². The third-order valence-electron chi connectivity index (χ3n) is 7.44. The number of carbonyl (C=O) groups is 1. The van der Waals surface area contributed by atoms with E-state index in [9.17, 15) is 4.79 Å². The summed E-state index contributed by atoms with van der Waals surface area (Å²) >= 11 is 1.63. The summed E-state index contributed by atoms with van der Waals surface area (Å²) in [7, 11) is 1.80. The first-order valence-corrected chi connectivity index (χ1v) is 12.7. The summed E-state index contributed by atoms with van der Waals surface area (Å²) in [6, 6.07) is 21.4. The summed E-state index contributed by atoms with van der Waals surface area (Å²) < 4.78 is 6.17. The molecule has 2 atom stereocenters. The normalized spacial score (nSPS) is 21.8. The molecule has 1 fully saturated rings. The molecule has 0 bridgehead atoms. The Kier molecular flexibility index (Phi) is 6.37. The first-order valence-electron chi connectivity index (χ1n) is 11.8. The van der Waals surface area contributed by atoms with Crippen molar-refractivity contribution in [1.29, 1.82) is 0 Å². The zero-order chi connectivity index (χ0) is 22.8. The predicted molar refractivity (Wildman–Crippen MR) is 134 cm³/mol. The van der Waals surface area contributed by atoms with Gasteiger partial charge in [0.1, 0.15) is 0 Å². The van der Waals surface area contributed by atoms with Gasteiger partial charge in [0.2, 0.25) is 5.91 Å². The highest BCUT2D eigenvalue weighted by Crippen LogP contribution is 2.52. The fraction of sp³-hybridized carbons (Fsp3) is 0.393. The van der Waals surface area contributed by atoms with E-state index >= 15 is 0 Å². The number of ether oxygens (including phenoxy) is 1. The minimum atomic E-state index is -0.109. The van der Waals surface area contributed by atoms with Crippen molar-refractivity contribution in [3.05, 3.63) is 93.2 Å². The zero-order valence-electron chi connectivity index (χ0n) is 19.4. The van der Waals surface area contributed by atoms with Crippen molar-refractivity contribution in [3.8, 4) is 0 Å². The Morgan fingerprint density at radius 3 is 2.55 bits per heavy atom. The third kappa shape index (κ3) is 4.37. The molecule has 2 aliphatic rings. The Bertz CT molecular complexity index is 1090. The SMILES string of the molecule is CO[C@H]1[C@H](NC(=O)Cc2cccs2)c2ccccc2C12CCN(Cc1ccc(C)cc1)CC2. The maximum absolute atomic E-state index is 12.9. The second kappa shape index (κ2) is 9.41. The van der Waals surface area contributed by atoms with Crippen LogP contribution in [-0.4, -0.2) is 37.1 Å². The van der Waals surface area contributed by atoms with Crippen molar-refractivity contribution in [2.45, 2.75) is 50.3 Å². The molecule has 1 amide bonds. The molecule has 0 radical (unpaired) electrons. The van der Waals surface area contributed by atoms with Crippen molar-refractivity contribution in [3.63, 3.8) is 0 Å². The molecule has 172 valence electrons. The standard InChI is InChI=1S/C28H32N2O2S/c1-20-9-11-21(12-10-20)19-30-15-13-28(14-16-30)24-8-4-3-7-23(24)26(27(28)32-2)29-25(31)18-22-6-5-17-33-22/h3-12,17,26-27H,13-16,18-19H2,1-2H3,(H,29,31)/t26-,27+/m1/s1. The fourth-order valence-electron chi connectivity index (χ4n) is 5.78. The van der Waals surface area contributed by atoms with Crippen LogP contribution in [0.5, 0.6) is 0 Å². The molecule has 1 saturated heterocycles. The summed E-state index contributed by atoms with van der Waals surface area (Å²) in [5, 5.41) is 5.35. The summed E-state index contributed by atoms with van der Waals surface area (Å²) in [5.74, 6) is 0.0631. The van der Waals surface area contributed by atoms with Gasteiger partial charge in [0.05, 0.1) is 18.6 Å². The van der Waals surface area contributed by atoms with Crippen LogP contribution in [0.4, 0.5) is 0 Å². The molecular weight excluding hydrogens is 428 g/mol. The number of amides is 1. The maximum atomic E-state index is 12.9. The molecule has 1 aromatic heterocycles. The number of hydrogen-bond donors (Lipinski definition) is 1. The number of fused-ring (bicyclic) bond motifs is 2. The molecule has 5 heteroatoms. The molecule has 2 aromatic carbocycles. The molecular formula is C28H32N2O2S. The Morgan fingerprint density at radius 2 is 1.85 bits per heavy atom. The molecule has 1 N–H and O–H groups in total. The third-order valence-corrected chi connectivity index (χ3v) is 8.32. The number of methoxy groups -OCH3 is 1. The van der Waals surface area contributed by atoms with Crippen LogP contribution in [-0.2, 0) is 27.9 Å². The fourth-order valence-corrected chi connectivity index (χ4v) is 6.49. The zero-order valence-corrected chi connectivity index (χ0v) is 20.2. The van der Waals surface area contributed by atoms with Gasteiger partial charge < -0.3 is 10.1 Å². The van der Waals surface area contributed by atoms with Crippen molar-refractivity contribution in [1.82, 2.24) is 10.2 Å². The van der Waals surface area contributed by atoms with Gasteiger partial charge in [-0.2, -0.15) is 0 Å². The Hall–Kier alpha value is -2.47. The summed E-state index contributed by atoms with van der Waals surface area (Å²) in [6.07, 6.45) is 2.44. The molecule has 0 unspecified atom stereocenters. The minimum absolute atomic E-state index is 0.0521. The Balaban J connectivity index is 1.34. The number of benzene rings is 2. The summed E-state index contributed by atoms with van der Waals surface area (Å²) in [4.78, 5) is 16.6. The molecule has 1 aliphatic heterocycles. The summed E-state index contributed by atoms with van der Waals surface area (Å²) in [5.41, 5.74) is 5.18. The Labute approximate surface area is 200 Å².